The van der Waals surface area contributed by atoms with Crippen LogP contribution in [0.15, 0.2) is 59.7 Å². The van der Waals surface area contributed by atoms with E-state index in [0.29, 0.717) is 33.8 Å². The molecule has 1 aromatic carbocycles. The lowest BCUT2D eigenvalue weighted by Gasteiger charge is -2.15. The molecule has 136 valence electrons. The minimum atomic E-state index is -0.216. The van der Waals surface area contributed by atoms with E-state index in [4.69, 9.17) is 0 Å². The van der Waals surface area contributed by atoms with Crippen LogP contribution in [0.5, 0.6) is 0 Å². The average Bonchev–Trinajstić information content (AvgIpc) is 2.83. The maximum Gasteiger partial charge on any atom is 0.274 e. The van der Waals surface area contributed by atoms with E-state index in [1.807, 2.05) is 41.6 Å². The maximum absolute atomic E-state index is 12.6. The van der Waals surface area contributed by atoms with Gasteiger partial charge in [0, 0.05) is 32.1 Å². The summed E-state index contributed by atoms with van der Waals surface area (Å²) in [6, 6.07) is 5.25. The number of aromatic amines is 1. The van der Waals surface area contributed by atoms with Gasteiger partial charge in [-0.2, -0.15) is 0 Å². The van der Waals surface area contributed by atoms with Crippen LogP contribution in [0.1, 0.15) is 16.1 Å². The standard InChI is InChI=1S/C20H19N5O2/c1-13-17-18(26)22-15-9-8-14(19(27)23(2)3)12-16(15)25(17)20(21-13)24-10-6-4-5-7-11-24/h4-12H,1-3H3,(H,22,26). The van der Waals surface area contributed by atoms with Crippen molar-refractivity contribution in [1.82, 2.24) is 19.3 Å². The highest BCUT2D eigenvalue weighted by Crippen LogP contribution is 2.25. The van der Waals surface area contributed by atoms with Gasteiger partial charge in [-0.3, -0.25) is 18.9 Å². The Balaban J connectivity index is 2.07. The summed E-state index contributed by atoms with van der Waals surface area (Å²) in [6.07, 6.45) is 11.4. The van der Waals surface area contributed by atoms with Gasteiger partial charge >= 0.3 is 0 Å². The van der Waals surface area contributed by atoms with Crippen LogP contribution < -0.4 is 10.5 Å². The third-order valence-corrected chi connectivity index (χ3v) is 4.45. The number of benzene rings is 1. The molecule has 1 aliphatic rings. The Hall–Kier alpha value is -3.61. The van der Waals surface area contributed by atoms with E-state index in [0.717, 1.165) is 0 Å². The van der Waals surface area contributed by atoms with Crippen molar-refractivity contribution in [1.29, 1.82) is 0 Å². The summed E-state index contributed by atoms with van der Waals surface area (Å²) in [7, 11) is 3.42. The average molecular weight is 361 g/mol. The fourth-order valence-electron chi connectivity index (χ4n) is 3.17. The molecule has 0 bridgehead atoms. The molecule has 7 heteroatoms. The number of nitrogens with zero attached hydrogens (tertiary/aromatic N) is 4. The number of carbonyl (C=O) groups is 1. The number of allylic oxidation sites excluding steroid dienone is 4. The first-order chi connectivity index (χ1) is 13.0. The molecule has 4 rings (SSSR count). The van der Waals surface area contributed by atoms with E-state index in [1.54, 1.807) is 43.6 Å². The van der Waals surface area contributed by atoms with Gasteiger partial charge in [-0.15, -0.1) is 0 Å². The van der Waals surface area contributed by atoms with Crippen molar-refractivity contribution in [3.05, 3.63) is 76.5 Å². The number of anilines is 1. The Labute approximate surface area is 155 Å². The van der Waals surface area contributed by atoms with Crippen LogP contribution in [0, 0.1) is 6.92 Å². The summed E-state index contributed by atoms with van der Waals surface area (Å²) in [5, 5.41) is 0. The number of carbonyl (C=O) groups excluding carboxylic acids is 1. The highest BCUT2D eigenvalue weighted by atomic mass is 16.2. The lowest BCUT2D eigenvalue weighted by Crippen LogP contribution is -2.22. The second-order valence-electron chi connectivity index (χ2n) is 6.54. The molecule has 0 saturated carbocycles. The van der Waals surface area contributed by atoms with E-state index >= 15 is 0 Å². The first kappa shape index (κ1) is 16.8. The minimum absolute atomic E-state index is 0.103. The first-order valence-corrected chi connectivity index (χ1v) is 8.54. The van der Waals surface area contributed by atoms with Crippen LogP contribution in [0.3, 0.4) is 0 Å². The Bertz CT molecular complexity index is 1190. The molecule has 27 heavy (non-hydrogen) atoms. The summed E-state index contributed by atoms with van der Waals surface area (Å²) in [6.45, 7) is 1.80. The number of aryl methyl sites for hydroxylation is 1. The van der Waals surface area contributed by atoms with Gasteiger partial charge in [0.15, 0.2) is 0 Å². The van der Waals surface area contributed by atoms with Gasteiger partial charge in [0.25, 0.3) is 11.5 Å². The molecule has 1 N–H and O–H groups in total. The van der Waals surface area contributed by atoms with Gasteiger partial charge in [-0.25, -0.2) is 4.98 Å². The number of fused-ring (bicyclic) bond motifs is 3. The number of H-pyrrole nitrogens is 1. The Kier molecular flexibility index (Phi) is 3.92. The van der Waals surface area contributed by atoms with Gasteiger partial charge in [-0.1, -0.05) is 12.2 Å². The number of aromatic nitrogens is 3. The number of imidazole rings is 1. The predicted molar refractivity (Wildman–Crippen MR) is 106 cm³/mol. The van der Waals surface area contributed by atoms with Gasteiger partial charge in [-0.05, 0) is 37.3 Å². The van der Waals surface area contributed by atoms with Crippen LogP contribution in [0.4, 0.5) is 5.95 Å². The van der Waals surface area contributed by atoms with Crippen molar-refractivity contribution >= 4 is 28.4 Å². The number of amides is 1. The molecule has 0 spiro atoms. The number of nitrogens with one attached hydrogen (secondary N) is 1. The van der Waals surface area contributed by atoms with Crippen LogP contribution in [0.2, 0.25) is 0 Å². The molecule has 3 aromatic rings. The fourth-order valence-corrected chi connectivity index (χ4v) is 3.17. The summed E-state index contributed by atoms with van der Waals surface area (Å²) in [5.74, 6) is 0.484. The lowest BCUT2D eigenvalue weighted by atomic mass is 10.1. The van der Waals surface area contributed by atoms with Gasteiger partial charge in [0.05, 0.1) is 16.7 Å². The maximum atomic E-state index is 12.6. The molecule has 1 aliphatic heterocycles. The molecule has 0 atom stereocenters. The zero-order valence-electron chi connectivity index (χ0n) is 15.3. The van der Waals surface area contributed by atoms with Crippen LogP contribution in [0.25, 0.3) is 16.6 Å². The summed E-state index contributed by atoms with van der Waals surface area (Å²) in [4.78, 5) is 35.9. The Morgan fingerprint density at radius 3 is 2.48 bits per heavy atom. The van der Waals surface area contributed by atoms with Crippen molar-refractivity contribution in [3.8, 4) is 0 Å². The van der Waals surface area contributed by atoms with Gasteiger partial charge < -0.3 is 9.88 Å². The van der Waals surface area contributed by atoms with Crippen molar-refractivity contribution in [2.45, 2.75) is 6.92 Å². The minimum Gasteiger partial charge on any atom is -0.345 e. The quantitative estimate of drug-likeness (QED) is 0.761. The van der Waals surface area contributed by atoms with E-state index in [-0.39, 0.29) is 11.5 Å². The van der Waals surface area contributed by atoms with E-state index in [1.165, 1.54) is 4.90 Å². The second kappa shape index (κ2) is 6.28. The number of hydrogen-bond donors (Lipinski definition) is 1. The van der Waals surface area contributed by atoms with E-state index in [2.05, 4.69) is 9.97 Å². The third kappa shape index (κ3) is 2.73. The molecular weight excluding hydrogens is 342 g/mol. The summed E-state index contributed by atoms with van der Waals surface area (Å²) >= 11 is 0. The molecule has 3 heterocycles. The smallest absolute Gasteiger partial charge is 0.274 e. The topological polar surface area (TPSA) is 73.7 Å². The molecule has 0 saturated heterocycles. The van der Waals surface area contributed by atoms with Crippen LogP contribution in [-0.4, -0.2) is 39.3 Å². The number of rotatable bonds is 2. The monoisotopic (exact) mass is 361 g/mol. The molecule has 2 aromatic heterocycles. The van der Waals surface area contributed by atoms with E-state index < -0.39 is 0 Å². The van der Waals surface area contributed by atoms with Crippen molar-refractivity contribution < 1.29 is 4.79 Å². The second-order valence-corrected chi connectivity index (χ2v) is 6.54. The largest absolute Gasteiger partial charge is 0.345 e. The SMILES string of the molecule is Cc1nc(N2C=CC=CC=C2)n2c1c(=O)[nH]c1ccc(C(=O)N(C)C)cc12. The molecule has 0 fully saturated rings. The zero-order valence-corrected chi connectivity index (χ0v) is 15.3. The Morgan fingerprint density at radius 1 is 1.11 bits per heavy atom. The van der Waals surface area contributed by atoms with Gasteiger partial charge in [0.2, 0.25) is 5.95 Å². The van der Waals surface area contributed by atoms with Crippen molar-refractivity contribution in [2.24, 2.45) is 0 Å². The summed E-state index contributed by atoms with van der Waals surface area (Å²) in [5.41, 5.74) is 2.77. The molecule has 0 unspecified atom stereocenters. The van der Waals surface area contributed by atoms with Gasteiger partial charge in [0.1, 0.15) is 5.52 Å². The molecular formula is C20H19N5O2. The fraction of sp³-hybridized carbons (Fsp3) is 0.150. The van der Waals surface area contributed by atoms with Crippen LogP contribution in [-0.2, 0) is 0 Å². The molecule has 7 nitrogen and oxygen atoms in total. The van der Waals surface area contributed by atoms with E-state index in [9.17, 15) is 9.59 Å². The zero-order chi connectivity index (χ0) is 19.1. The highest BCUT2D eigenvalue weighted by molar-refractivity contribution is 5.97. The number of hydrogen-bond acceptors (Lipinski definition) is 4. The molecule has 0 radical (unpaired) electrons. The lowest BCUT2D eigenvalue weighted by molar-refractivity contribution is 0.0827. The van der Waals surface area contributed by atoms with Crippen molar-refractivity contribution in [3.63, 3.8) is 0 Å². The third-order valence-electron chi connectivity index (χ3n) is 4.45. The van der Waals surface area contributed by atoms with Crippen molar-refractivity contribution in [2.75, 3.05) is 19.0 Å². The normalized spacial score (nSPS) is 13.5. The first-order valence-electron chi connectivity index (χ1n) is 8.54. The Morgan fingerprint density at radius 2 is 1.81 bits per heavy atom. The summed E-state index contributed by atoms with van der Waals surface area (Å²) < 4.78 is 1.80. The predicted octanol–water partition coefficient (Wildman–Crippen LogP) is 2.59. The molecule has 1 amide bonds. The highest BCUT2D eigenvalue weighted by Gasteiger charge is 2.19. The van der Waals surface area contributed by atoms with Crippen LogP contribution >= 0.6 is 0 Å². The molecule has 0 aliphatic carbocycles.